The van der Waals surface area contributed by atoms with E-state index in [4.69, 9.17) is 0 Å². The molecule has 1 aromatic rings. The van der Waals surface area contributed by atoms with Crippen LogP contribution in [-0.4, -0.2) is 35.5 Å². The van der Waals surface area contributed by atoms with Crippen LogP contribution in [0.5, 0.6) is 0 Å². The highest BCUT2D eigenvalue weighted by atomic mass is 32.2. The fourth-order valence-corrected chi connectivity index (χ4v) is 4.00. The highest BCUT2D eigenvalue weighted by Crippen LogP contribution is 2.36. The van der Waals surface area contributed by atoms with Gasteiger partial charge < -0.3 is 9.67 Å². The van der Waals surface area contributed by atoms with Crippen LogP contribution in [0.3, 0.4) is 0 Å². The fraction of sp³-hybridized carbons (Fsp3) is 0.714. The third-order valence-electron chi connectivity index (χ3n) is 4.14. The third-order valence-corrected chi connectivity index (χ3v) is 6.05. The Bertz CT molecular complexity index is 561. The van der Waals surface area contributed by atoms with Crippen molar-refractivity contribution in [3.05, 3.63) is 18.0 Å². The van der Waals surface area contributed by atoms with Gasteiger partial charge in [-0.2, -0.15) is 4.31 Å². The van der Waals surface area contributed by atoms with Gasteiger partial charge in [-0.1, -0.05) is 6.92 Å². The largest absolute Gasteiger partial charge is 0.390 e. The SMILES string of the molecule is CCCn1cc(S(=O)(=O)N(C)C(C)C2CC2)cc1CO. The molecule has 1 aliphatic carbocycles. The lowest BCUT2D eigenvalue weighted by Crippen LogP contribution is -2.36. The predicted molar refractivity (Wildman–Crippen MR) is 77.8 cm³/mol. The molecule has 1 fully saturated rings. The third kappa shape index (κ3) is 2.92. The summed E-state index contributed by atoms with van der Waals surface area (Å²) in [5.74, 6) is 0.491. The number of hydrogen-bond donors (Lipinski definition) is 1. The topological polar surface area (TPSA) is 62.5 Å². The smallest absolute Gasteiger partial charge is 0.244 e. The van der Waals surface area contributed by atoms with Gasteiger partial charge in [-0.05, 0) is 38.2 Å². The van der Waals surface area contributed by atoms with Gasteiger partial charge in [0.25, 0.3) is 0 Å². The van der Waals surface area contributed by atoms with E-state index >= 15 is 0 Å². The zero-order valence-electron chi connectivity index (χ0n) is 12.4. The predicted octanol–water partition coefficient (Wildman–Crippen LogP) is 1.81. The molecule has 20 heavy (non-hydrogen) atoms. The van der Waals surface area contributed by atoms with Gasteiger partial charge in [-0.25, -0.2) is 8.42 Å². The second-order valence-corrected chi connectivity index (χ2v) is 7.62. The maximum atomic E-state index is 12.6. The highest BCUT2D eigenvalue weighted by molar-refractivity contribution is 7.89. The lowest BCUT2D eigenvalue weighted by atomic mass is 10.2. The van der Waals surface area contributed by atoms with Crippen LogP contribution in [0, 0.1) is 5.92 Å². The van der Waals surface area contributed by atoms with Crippen molar-refractivity contribution < 1.29 is 13.5 Å². The highest BCUT2D eigenvalue weighted by Gasteiger charge is 2.36. The van der Waals surface area contributed by atoms with Crippen molar-refractivity contribution in [1.82, 2.24) is 8.87 Å². The summed E-state index contributed by atoms with van der Waals surface area (Å²) in [6.07, 6.45) is 4.76. The van der Waals surface area contributed by atoms with Crippen molar-refractivity contribution in [2.75, 3.05) is 7.05 Å². The first-order valence-corrected chi connectivity index (χ1v) is 8.63. The van der Waals surface area contributed by atoms with Gasteiger partial charge in [0.2, 0.25) is 10.0 Å². The summed E-state index contributed by atoms with van der Waals surface area (Å²) >= 11 is 0. The van der Waals surface area contributed by atoms with Crippen LogP contribution in [0.15, 0.2) is 17.2 Å². The van der Waals surface area contributed by atoms with E-state index in [1.807, 2.05) is 18.4 Å². The summed E-state index contributed by atoms with van der Waals surface area (Å²) in [5, 5.41) is 9.34. The Morgan fingerprint density at radius 2 is 2.15 bits per heavy atom. The monoisotopic (exact) mass is 300 g/mol. The Hall–Kier alpha value is -0.850. The first-order chi connectivity index (χ1) is 9.41. The minimum atomic E-state index is -3.47. The molecule has 2 rings (SSSR count). The average molecular weight is 300 g/mol. The van der Waals surface area contributed by atoms with Crippen molar-refractivity contribution in [1.29, 1.82) is 0 Å². The van der Waals surface area contributed by atoms with Crippen LogP contribution in [0.25, 0.3) is 0 Å². The molecular formula is C14H24N2O3S. The minimum Gasteiger partial charge on any atom is -0.390 e. The lowest BCUT2D eigenvalue weighted by molar-refractivity contribution is 0.270. The van der Waals surface area contributed by atoms with E-state index in [0.717, 1.165) is 19.3 Å². The van der Waals surface area contributed by atoms with Crippen LogP contribution in [0.1, 0.15) is 38.8 Å². The molecule has 0 saturated heterocycles. The zero-order valence-corrected chi connectivity index (χ0v) is 13.2. The van der Waals surface area contributed by atoms with E-state index in [1.165, 1.54) is 4.31 Å². The quantitative estimate of drug-likeness (QED) is 0.835. The summed E-state index contributed by atoms with van der Waals surface area (Å²) in [6, 6.07) is 1.62. The number of rotatable bonds is 7. The van der Waals surface area contributed by atoms with Crippen molar-refractivity contribution in [3.63, 3.8) is 0 Å². The molecule has 0 aromatic carbocycles. The number of aliphatic hydroxyl groups is 1. The van der Waals surface area contributed by atoms with Gasteiger partial charge in [0.05, 0.1) is 6.61 Å². The van der Waals surface area contributed by atoms with E-state index < -0.39 is 10.0 Å². The second kappa shape index (κ2) is 5.87. The van der Waals surface area contributed by atoms with Gasteiger partial charge in [0, 0.05) is 31.5 Å². The van der Waals surface area contributed by atoms with Gasteiger partial charge in [-0.3, -0.25) is 0 Å². The maximum Gasteiger partial charge on any atom is 0.244 e. The molecule has 5 nitrogen and oxygen atoms in total. The number of nitrogens with zero attached hydrogens (tertiary/aromatic N) is 2. The zero-order chi connectivity index (χ0) is 14.9. The Morgan fingerprint density at radius 1 is 1.50 bits per heavy atom. The summed E-state index contributed by atoms with van der Waals surface area (Å²) in [6.45, 7) is 4.56. The molecule has 1 aromatic heterocycles. The number of hydrogen-bond acceptors (Lipinski definition) is 3. The molecular weight excluding hydrogens is 276 g/mol. The number of aryl methyl sites for hydroxylation is 1. The van der Waals surface area contributed by atoms with Crippen molar-refractivity contribution >= 4 is 10.0 Å². The van der Waals surface area contributed by atoms with Crippen LogP contribution < -0.4 is 0 Å². The van der Waals surface area contributed by atoms with Gasteiger partial charge in [-0.15, -0.1) is 0 Å². The molecule has 1 saturated carbocycles. The summed E-state index contributed by atoms with van der Waals surface area (Å²) in [5.41, 5.74) is 0.651. The second-order valence-electron chi connectivity index (χ2n) is 5.62. The van der Waals surface area contributed by atoms with Crippen molar-refractivity contribution in [3.8, 4) is 0 Å². The van der Waals surface area contributed by atoms with Crippen molar-refractivity contribution in [2.24, 2.45) is 5.92 Å². The molecule has 1 N–H and O–H groups in total. The summed E-state index contributed by atoms with van der Waals surface area (Å²) in [7, 11) is -1.82. The number of sulfonamides is 1. The number of aliphatic hydroxyl groups excluding tert-OH is 1. The molecule has 0 radical (unpaired) electrons. The van der Waals surface area contributed by atoms with E-state index in [0.29, 0.717) is 18.2 Å². The molecule has 0 aliphatic heterocycles. The molecule has 0 bridgehead atoms. The minimum absolute atomic E-state index is 0.0344. The summed E-state index contributed by atoms with van der Waals surface area (Å²) in [4.78, 5) is 0.282. The Balaban J connectivity index is 2.28. The molecule has 114 valence electrons. The Kier molecular flexibility index (Phi) is 4.56. The maximum absolute atomic E-state index is 12.6. The molecule has 1 unspecified atom stereocenters. The van der Waals surface area contributed by atoms with E-state index in [9.17, 15) is 13.5 Å². The standard InChI is InChI=1S/C14H24N2O3S/c1-4-7-16-9-14(8-13(16)10-17)20(18,19)15(3)11(2)12-5-6-12/h8-9,11-12,17H,4-7,10H2,1-3H3. The Morgan fingerprint density at radius 3 is 2.65 bits per heavy atom. The first kappa shape index (κ1) is 15.5. The van der Waals surface area contributed by atoms with Gasteiger partial charge >= 0.3 is 0 Å². The van der Waals surface area contributed by atoms with Gasteiger partial charge in [0.1, 0.15) is 4.90 Å². The molecule has 1 atom stereocenters. The van der Waals surface area contributed by atoms with Gasteiger partial charge in [0.15, 0.2) is 0 Å². The normalized spacial score (nSPS) is 17.6. The molecule has 0 spiro atoms. The van der Waals surface area contributed by atoms with E-state index in [2.05, 4.69) is 0 Å². The average Bonchev–Trinajstić information content (AvgIpc) is 3.18. The molecule has 6 heteroatoms. The Labute approximate surface area is 121 Å². The van der Waals surface area contributed by atoms with E-state index in [1.54, 1.807) is 19.3 Å². The van der Waals surface area contributed by atoms with E-state index in [-0.39, 0.29) is 17.5 Å². The fourth-order valence-electron chi connectivity index (χ4n) is 2.51. The van der Waals surface area contributed by atoms with Crippen molar-refractivity contribution in [2.45, 2.75) is 57.2 Å². The molecule has 1 heterocycles. The van der Waals surface area contributed by atoms with Crippen LogP contribution in [-0.2, 0) is 23.2 Å². The molecule has 0 amide bonds. The van der Waals surface area contributed by atoms with Crippen LogP contribution >= 0.6 is 0 Å². The molecule has 1 aliphatic rings. The van der Waals surface area contributed by atoms with Crippen LogP contribution in [0.2, 0.25) is 0 Å². The number of aromatic nitrogens is 1. The lowest BCUT2D eigenvalue weighted by Gasteiger charge is -2.23. The summed E-state index contributed by atoms with van der Waals surface area (Å²) < 4.78 is 28.5. The van der Waals surface area contributed by atoms with Crippen LogP contribution in [0.4, 0.5) is 0 Å². The first-order valence-electron chi connectivity index (χ1n) is 7.19.